The van der Waals surface area contributed by atoms with Crippen molar-refractivity contribution in [1.29, 1.82) is 0 Å². The summed E-state index contributed by atoms with van der Waals surface area (Å²) in [5.74, 6) is 0.527. The zero-order chi connectivity index (χ0) is 15.2. The van der Waals surface area contributed by atoms with Gasteiger partial charge in [0.25, 0.3) is 5.69 Å². The van der Waals surface area contributed by atoms with Crippen molar-refractivity contribution in [2.45, 2.75) is 26.2 Å². The van der Waals surface area contributed by atoms with E-state index in [0.717, 1.165) is 18.8 Å². The van der Waals surface area contributed by atoms with E-state index in [9.17, 15) is 10.1 Å². The van der Waals surface area contributed by atoms with Crippen molar-refractivity contribution in [1.82, 2.24) is 4.90 Å². The summed E-state index contributed by atoms with van der Waals surface area (Å²) in [6.45, 7) is 6.56. The van der Waals surface area contributed by atoms with Crippen LogP contribution in [-0.2, 0) is 0 Å². The van der Waals surface area contributed by atoms with Crippen LogP contribution in [0.1, 0.15) is 26.2 Å². The molecule has 21 heavy (non-hydrogen) atoms. The van der Waals surface area contributed by atoms with E-state index in [4.69, 9.17) is 5.73 Å². The molecule has 116 valence electrons. The van der Waals surface area contributed by atoms with Crippen LogP contribution in [0.2, 0.25) is 0 Å². The molecule has 1 heterocycles. The third-order valence-electron chi connectivity index (χ3n) is 3.90. The zero-order valence-corrected chi connectivity index (χ0v) is 12.5. The van der Waals surface area contributed by atoms with Crippen LogP contribution in [0.25, 0.3) is 0 Å². The fourth-order valence-corrected chi connectivity index (χ4v) is 2.77. The molecular formula is C15H24N4O2. The Hall–Kier alpha value is -1.82. The van der Waals surface area contributed by atoms with Crippen molar-refractivity contribution >= 4 is 17.1 Å². The molecule has 0 aromatic heterocycles. The van der Waals surface area contributed by atoms with Crippen LogP contribution >= 0.6 is 0 Å². The van der Waals surface area contributed by atoms with E-state index in [1.54, 1.807) is 12.1 Å². The molecule has 0 spiro atoms. The molecule has 1 saturated heterocycles. The van der Waals surface area contributed by atoms with Crippen molar-refractivity contribution in [2.24, 2.45) is 5.92 Å². The minimum absolute atomic E-state index is 0.0399. The van der Waals surface area contributed by atoms with Gasteiger partial charge in [0.15, 0.2) is 0 Å². The maximum atomic E-state index is 10.7. The zero-order valence-electron chi connectivity index (χ0n) is 12.5. The maximum absolute atomic E-state index is 10.7. The van der Waals surface area contributed by atoms with Gasteiger partial charge in [-0.05, 0) is 44.0 Å². The molecule has 2 rings (SSSR count). The van der Waals surface area contributed by atoms with E-state index >= 15 is 0 Å². The molecule has 1 atom stereocenters. The molecule has 0 amide bonds. The lowest BCUT2D eigenvalue weighted by Crippen LogP contribution is -2.35. The van der Waals surface area contributed by atoms with Gasteiger partial charge in [0.1, 0.15) is 5.69 Å². The first-order valence-corrected chi connectivity index (χ1v) is 7.56. The number of nitrogens with one attached hydrogen (secondary N) is 1. The van der Waals surface area contributed by atoms with Crippen LogP contribution in [0.3, 0.4) is 0 Å². The Labute approximate surface area is 125 Å². The fraction of sp³-hybridized carbons (Fsp3) is 0.600. The topological polar surface area (TPSA) is 84.4 Å². The molecule has 0 radical (unpaired) electrons. The van der Waals surface area contributed by atoms with E-state index in [2.05, 4.69) is 17.1 Å². The molecule has 1 aromatic carbocycles. The SMILES string of the molecule is CC(CNc1ccc([N+](=O)[O-])c(N)c1)CN1CCCCC1. The van der Waals surface area contributed by atoms with Gasteiger partial charge in [-0.15, -0.1) is 0 Å². The number of anilines is 2. The number of nitrogen functional groups attached to an aromatic ring is 1. The predicted molar refractivity (Wildman–Crippen MR) is 85.5 cm³/mol. The summed E-state index contributed by atoms with van der Waals surface area (Å²) in [4.78, 5) is 12.8. The summed E-state index contributed by atoms with van der Waals surface area (Å²) in [5, 5.41) is 14.0. The predicted octanol–water partition coefficient (Wildman–Crippen LogP) is 2.71. The average Bonchev–Trinajstić information content (AvgIpc) is 2.46. The molecular weight excluding hydrogens is 268 g/mol. The van der Waals surface area contributed by atoms with Gasteiger partial charge in [0.05, 0.1) is 4.92 Å². The normalized spacial score (nSPS) is 17.4. The van der Waals surface area contributed by atoms with Gasteiger partial charge in [-0.3, -0.25) is 10.1 Å². The van der Waals surface area contributed by atoms with Gasteiger partial charge in [-0.2, -0.15) is 0 Å². The molecule has 0 saturated carbocycles. The first-order chi connectivity index (χ1) is 10.1. The lowest BCUT2D eigenvalue weighted by atomic mass is 10.1. The van der Waals surface area contributed by atoms with E-state index in [-0.39, 0.29) is 11.4 Å². The first-order valence-electron chi connectivity index (χ1n) is 7.56. The summed E-state index contributed by atoms with van der Waals surface area (Å²) >= 11 is 0. The number of benzene rings is 1. The summed E-state index contributed by atoms with van der Waals surface area (Å²) in [6, 6.07) is 4.79. The van der Waals surface area contributed by atoms with Crippen LogP contribution in [-0.4, -0.2) is 36.0 Å². The van der Waals surface area contributed by atoms with E-state index in [1.807, 2.05) is 0 Å². The van der Waals surface area contributed by atoms with Gasteiger partial charge in [0.2, 0.25) is 0 Å². The van der Waals surface area contributed by atoms with Gasteiger partial charge in [-0.1, -0.05) is 13.3 Å². The third-order valence-corrected chi connectivity index (χ3v) is 3.90. The molecule has 3 N–H and O–H groups in total. The lowest BCUT2D eigenvalue weighted by Gasteiger charge is -2.29. The molecule has 1 aromatic rings. The lowest BCUT2D eigenvalue weighted by molar-refractivity contribution is -0.383. The Morgan fingerprint density at radius 2 is 2.10 bits per heavy atom. The Balaban J connectivity index is 1.81. The minimum atomic E-state index is -0.460. The quantitative estimate of drug-likeness (QED) is 0.478. The van der Waals surface area contributed by atoms with Crippen molar-refractivity contribution < 1.29 is 4.92 Å². The van der Waals surface area contributed by atoms with Crippen molar-refractivity contribution in [3.05, 3.63) is 28.3 Å². The second-order valence-electron chi connectivity index (χ2n) is 5.88. The molecule has 1 unspecified atom stereocenters. The summed E-state index contributed by atoms with van der Waals surface area (Å²) in [7, 11) is 0. The van der Waals surface area contributed by atoms with E-state index in [1.165, 1.54) is 38.4 Å². The van der Waals surface area contributed by atoms with Gasteiger partial charge in [0, 0.05) is 24.8 Å². The van der Waals surface area contributed by atoms with Crippen molar-refractivity contribution in [3.63, 3.8) is 0 Å². The molecule has 1 fully saturated rings. The third kappa shape index (κ3) is 4.60. The number of nitrogens with zero attached hydrogens (tertiary/aromatic N) is 2. The van der Waals surface area contributed by atoms with Crippen molar-refractivity contribution in [3.8, 4) is 0 Å². The van der Waals surface area contributed by atoms with Gasteiger partial charge < -0.3 is 16.0 Å². The Bertz CT molecular complexity index is 487. The van der Waals surface area contributed by atoms with Gasteiger partial charge in [-0.25, -0.2) is 0 Å². The molecule has 1 aliphatic heterocycles. The highest BCUT2D eigenvalue weighted by atomic mass is 16.6. The fourth-order valence-electron chi connectivity index (χ4n) is 2.77. The average molecular weight is 292 g/mol. The summed E-state index contributed by atoms with van der Waals surface area (Å²) in [5.41, 5.74) is 6.69. The summed E-state index contributed by atoms with van der Waals surface area (Å²) in [6.07, 6.45) is 3.96. The molecule has 0 aliphatic carbocycles. The van der Waals surface area contributed by atoms with Crippen LogP contribution in [0.15, 0.2) is 18.2 Å². The number of piperidine rings is 1. The van der Waals surface area contributed by atoms with Gasteiger partial charge >= 0.3 is 0 Å². The van der Waals surface area contributed by atoms with E-state index < -0.39 is 4.92 Å². The first kappa shape index (κ1) is 15.6. The highest BCUT2D eigenvalue weighted by Crippen LogP contribution is 2.24. The second-order valence-corrected chi connectivity index (χ2v) is 5.88. The number of nitro benzene ring substituents is 1. The molecule has 6 heteroatoms. The number of nitrogens with two attached hydrogens (primary N) is 1. The number of hydrogen-bond donors (Lipinski definition) is 2. The number of nitro groups is 1. The number of hydrogen-bond acceptors (Lipinski definition) is 5. The highest BCUT2D eigenvalue weighted by molar-refractivity contribution is 5.65. The molecule has 1 aliphatic rings. The Kier molecular flexibility index (Phi) is 5.38. The minimum Gasteiger partial charge on any atom is -0.393 e. The Morgan fingerprint density at radius 3 is 2.71 bits per heavy atom. The molecule has 0 bridgehead atoms. The number of likely N-dealkylation sites (tertiary alicyclic amines) is 1. The standard InChI is InChI=1S/C15H24N4O2/c1-12(11-18-7-3-2-4-8-18)10-17-13-5-6-15(19(20)21)14(16)9-13/h5-6,9,12,17H,2-4,7-8,10-11,16H2,1H3. The van der Waals surface area contributed by atoms with Crippen LogP contribution in [0.5, 0.6) is 0 Å². The summed E-state index contributed by atoms with van der Waals surface area (Å²) < 4.78 is 0. The monoisotopic (exact) mass is 292 g/mol. The van der Waals surface area contributed by atoms with Crippen molar-refractivity contribution in [2.75, 3.05) is 37.2 Å². The van der Waals surface area contributed by atoms with E-state index in [0.29, 0.717) is 5.92 Å². The number of rotatable bonds is 6. The largest absolute Gasteiger partial charge is 0.393 e. The van der Waals surface area contributed by atoms with Crippen LogP contribution in [0.4, 0.5) is 17.1 Å². The van der Waals surface area contributed by atoms with Crippen LogP contribution in [0, 0.1) is 16.0 Å². The maximum Gasteiger partial charge on any atom is 0.292 e. The van der Waals surface area contributed by atoms with Crippen LogP contribution < -0.4 is 11.1 Å². The smallest absolute Gasteiger partial charge is 0.292 e. The second kappa shape index (κ2) is 7.26. The Morgan fingerprint density at radius 1 is 1.38 bits per heavy atom. The highest BCUT2D eigenvalue weighted by Gasteiger charge is 2.14. The molecule has 6 nitrogen and oxygen atoms in total.